The highest BCUT2D eigenvalue weighted by Gasteiger charge is 2.22. The van der Waals surface area contributed by atoms with E-state index < -0.39 is 5.38 Å². The summed E-state index contributed by atoms with van der Waals surface area (Å²) in [6, 6.07) is 6.04. The van der Waals surface area contributed by atoms with E-state index >= 15 is 0 Å². The summed E-state index contributed by atoms with van der Waals surface area (Å²) in [6.07, 6.45) is 1.95. The maximum atomic E-state index is 12.0. The number of hydrogen-bond acceptors (Lipinski definition) is 2. The Labute approximate surface area is 113 Å². The maximum absolute atomic E-state index is 12.0. The van der Waals surface area contributed by atoms with Crippen LogP contribution in [0.2, 0.25) is 0 Å². The van der Waals surface area contributed by atoms with Crippen LogP contribution in [0.1, 0.15) is 24.5 Å². The number of methoxy groups -OCH3 is 1. The summed E-state index contributed by atoms with van der Waals surface area (Å²) in [4.78, 5) is 13.8. The number of nitrogens with zero attached hydrogens (tertiary/aromatic N) is 1. The topological polar surface area (TPSA) is 29.5 Å². The van der Waals surface area contributed by atoms with Gasteiger partial charge < -0.3 is 9.64 Å². The molecule has 1 atom stereocenters. The Bertz CT molecular complexity index is 445. The Hall–Kier alpha value is -1.22. The van der Waals surface area contributed by atoms with Crippen LogP contribution in [0.15, 0.2) is 18.2 Å². The highest BCUT2D eigenvalue weighted by atomic mass is 35.5. The van der Waals surface area contributed by atoms with Gasteiger partial charge in [-0.15, -0.1) is 11.6 Å². The third kappa shape index (κ3) is 2.78. The second kappa shape index (κ2) is 5.61. The van der Waals surface area contributed by atoms with Crippen molar-refractivity contribution in [2.75, 3.05) is 13.7 Å². The molecule has 98 valence electrons. The first-order valence-electron chi connectivity index (χ1n) is 6.20. The summed E-state index contributed by atoms with van der Waals surface area (Å²) in [5.41, 5.74) is 2.46. The molecule has 18 heavy (non-hydrogen) atoms. The molecule has 1 unspecified atom stereocenters. The van der Waals surface area contributed by atoms with Gasteiger partial charge in [0.1, 0.15) is 11.1 Å². The smallest absolute Gasteiger partial charge is 0.240 e. The van der Waals surface area contributed by atoms with E-state index in [4.69, 9.17) is 16.3 Å². The monoisotopic (exact) mass is 267 g/mol. The number of amides is 1. The third-order valence-electron chi connectivity index (χ3n) is 3.30. The lowest BCUT2D eigenvalue weighted by Crippen LogP contribution is -2.35. The van der Waals surface area contributed by atoms with E-state index in [9.17, 15) is 4.79 Å². The van der Waals surface area contributed by atoms with Gasteiger partial charge in [-0.3, -0.25) is 4.79 Å². The van der Waals surface area contributed by atoms with Crippen molar-refractivity contribution in [2.24, 2.45) is 0 Å². The molecule has 1 amide bonds. The first-order chi connectivity index (χ1) is 8.61. The molecule has 1 heterocycles. The minimum Gasteiger partial charge on any atom is -0.497 e. The number of fused-ring (bicyclic) bond motifs is 1. The number of aryl methyl sites for hydroxylation is 1. The lowest BCUT2D eigenvalue weighted by Gasteiger charge is -2.22. The first-order valence-corrected chi connectivity index (χ1v) is 6.64. The maximum Gasteiger partial charge on any atom is 0.240 e. The molecular formula is C14H18ClNO2. The Morgan fingerprint density at radius 2 is 2.22 bits per heavy atom. The fraction of sp³-hybridized carbons (Fsp3) is 0.500. The second-order valence-electron chi connectivity index (χ2n) is 4.61. The van der Waals surface area contributed by atoms with Crippen molar-refractivity contribution >= 4 is 17.5 Å². The molecule has 0 saturated carbocycles. The molecule has 1 aromatic carbocycles. The average Bonchev–Trinajstić information content (AvgIpc) is 2.58. The normalized spacial score (nSPS) is 16.7. The number of ether oxygens (including phenoxy) is 1. The number of carbonyl (C=O) groups excluding carboxylic acids is 1. The Morgan fingerprint density at radius 1 is 1.44 bits per heavy atom. The summed E-state index contributed by atoms with van der Waals surface area (Å²) in [5.74, 6) is 0.888. The quantitative estimate of drug-likeness (QED) is 0.771. The van der Waals surface area contributed by atoms with Gasteiger partial charge in [-0.05, 0) is 43.0 Å². The van der Waals surface area contributed by atoms with Crippen molar-refractivity contribution in [1.82, 2.24) is 4.90 Å². The van der Waals surface area contributed by atoms with Crippen molar-refractivity contribution < 1.29 is 9.53 Å². The van der Waals surface area contributed by atoms with E-state index in [2.05, 4.69) is 6.07 Å². The minimum atomic E-state index is -0.454. The molecule has 0 N–H and O–H groups in total. The minimum absolute atomic E-state index is 0.0142. The molecule has 0 spiro atoms. The van der Waals surface area contributed by atoms with Crippen LogP contribution in [0.4, 0.5) is 0 Å². The van der Waals surface area contributed by atoms with Gasteiger partial charge in [-0.25, -0.2) is 0 Å². The fourth-order valence-electron chi connectivity index (χ4n) is 2.30. The highest BCUT2D eigenvalue weighted by molar-refractivity contribution is 6.30. The van der Waals surface area contributed by atoms with E-state index in [1.807, 2.05) is 17.0 Å². The van der Waals surface area contributed by atoms with Crippen molar-refractivity contribution in [3.05, 3.63) is 29.3 Å². The van der Waals surface area contributed by atoms with Crippen molar-refractivity contribution in [3.8, 4) is 5.75 Å². The number of hydrogen-bond donors (Lipinski definition) is 0. The van der Waals surface area contributed by atoms with Gasteiger partial charge in [0.2, 0.25) is 5.91 Å². The Kier molecular flexibility index (Phi) is 4.12. The Morgan fingerprint density at radius 3 is 2.89 bits per heavy atom. The van der Waals surface area contributed by atoms with Crippen LogP contribution in [0.3, 0.4) is 0 Å². The molecule has 0 fully saturated rings. The summed E-state index contributed by atoms with van der Waals surface area (Å²) < 4.78 is 5.23. The van der Waals surface area contributed by atoms with Gasteiger partial charge in [-0.2, -0.15) is 0 Å². The van der Waals surface area contributed by atoms with Gasteiger partial charge in [0.15, 0.2) is 0 Å². The standard InChI is InChI=1S/C14H18ClNO2/c1-10(15)14(17)16-7-3-4-11-8-13(18-2)6-5-12(11)9-16/h5-6,8,10H,3-4,7,9H2,1-2H3. The lowest BCUT2D eigenvalue weighted by atomic mass is 10.0. The highest BCUT2D eigenvalue weighted by Crippen LogP contribution is 2.24. The number of benzene rings is 1. The van der Waals surface area contributed by atoms with E-state index in [-0.39, 0.29) is 5.91 Å². The van der Waals surface area contributed by atoms with E-state index in [0.717, 1.165) is 25.1 Å². The van der Waals surface area contributed by atoms with Crippen LogP contribution in [0, 0.1) is 0 Å². The molecule has 1 aliphatic rings. The second-order valence-corrected chi connectivity index (χ2v) is 5.27. The molecule has 3 nitrogen and oxygen atoms in total. The molecule has 1 aromatic rings. The number of carbonyl (C=O) groups is 1. The van der Waals surface area contributed by atoms with Gasteiger partial charge in [0.05, 0.1) is 7.11 Å². The zero-order valence-electron chi connectivity index (χ0n) is 10.8. The van der Waals surface area contributed by atoms with E-state index in [1.165, 1.54) is 11.1 Å². The molecule has 4 heteroatoms. The van der Waals surface area contributed by atoms with Gasteiger partial charge in [0, 0.05) is 13.1 Å². The molecule has 1 aliphatic heterocycles. The number of alkyl halides is 1. The van der Waals surface area contributed by atoms with E-state index in [0.29, 0.717) is 6.54 Å². The van der Waals surface area contributed by atoms with Gasteiger partial charge in [0.25, 0.3) is 0 Å². The molecule has 2 rings (SSSR count). The van der Waals surface area contributed by atoms with Gasteiger partial charge >= 0.3 is 0 Å². The van der Waals surface area contributed by atoms with Crippen molar-refractivity contribution in [1.29, 1.82) is 0 Å². The SMILES string of the molecule is COc1ccc2c(c1)CCCN(C(=O)C(C)Cl)C2. The van der Waals surface area contributed by atoms with Crippen LogP contribution < -0.4 is 4.74 Å². The van der Waals surface area contributed by atoms with Crippen LogP contribution in [0.5, 0.6) is 5.75 Å². The number of rotatable bonds is 2. The molecule has 0 radical (unpaired) electrons. The number of halogens is 1. The summed E-state index contributed by atoms with van der Waals surface area (Å²) in [5, 5.41) is -0.454. The lowest BCUT2D eigenvalue weighted by molar-refractivity contribution is -0.131. The molecule has 0 aromatic heterocycles. The predicted octanol–water partition coefficient (Wildman–Crippen LogP) is 2.60. The summed E-state index contributed by atoms with van der Waals surface area (Å²) >= 11 is 5.88. The first kappa shape index (κ1) is 13.2. The van der Waals surface area contributed by atoms with Crippen LogP contribution in [-0.2, 0) is 17.8 Å². The summed E-state index contributed by atoms with van der Waals surface area (Å²) in [7, 11) is 1.67. The van der Waals surface area contributed by atoms with Crippen molar-refractivity contribution in [3.63, 3.8) is 0 Å². The van der Waals surface area contributed by atoms with Crippen LogP contribution >= 0.6 is 11.6 Å². The predicted molar refractivity (Wildman–Crippen MR) is 72.0 cm³/mol. The zero-order valence-corrected chi connectivity index (χ0v) is 11.5. The molecule has 0 saturated heterocycles. The summed E-state index contributed by atoms with van der Waals surface area (Å²) in [6.45, 7) is 3.14. The molecule has 0 aliphatic carbocycles. The molecular weight excluding hydrogens is 250 g/mol. The van der Waals surface area contributed by atoms with Gasteiger partial charge in [-0.1, -0.05) is 6.07 Å². The third-order valence-corrected chi connectivity index (χ3v) is 3.49. The van der Waals surface area contributed by atoms with Crippen LogP contribution in [-0.4, -0.2) is 29.8 Å². The largest absolute Gasteiger partial charge is 0.497 e. The van der Waals surface area contributed by atoms with Crippen molar-refractivity contribution in [2.45, 2.75) is 31.7 Å². The van der Waals surface area contributed by atoms with Crippen LogP contribution in [0.25, 0.3) is 0 Å². The molecule has 0 bridgehead atoms. The Balaban J connectivity index is 2.22. The zero-order chi connectivity index (χ0) is 13.1. The fourth-order valence-corrected chi connectivity index (χ4v) is 2.44. The average molecular weight is 268 g/mol. The van der Waals surface area contributed by atoms with E-state index in [1.54, 1.807) is 14.0 Å².